The summed E-state index contributed by atoms with van der Waals surface area (Å²) in [6.07, 6.45) is 4.26. The number of ether oxygens (including phenoxy) is 2. The fourth-order valence-electron chi connectivity index (χ4n) is 8.65. The number of anilines is 2. The lowest BCUT2D eigenvalue weighted by molar-refractivity contribution is -0.136. The molecule has 0 spiro atoms. The highest BCUT2D eigenvalue weighted by atomic mass is 16.5. The Hall–Kier alpha value is -6.46. The Bertz CT molecular complexity index is 2710. The molecule has 17 nitrogen and oxygen atoms in total. The zero-order valence-electron chi connectivity index (χ0n) is 35.4. The number of imide groups is 1. The normalized spacial score (nSPS) is 16.4. The number of hydrogen-bond acceptors (Lipinski definition) is 12. The summed E-state index contributed by atoms with van der Waals surface area (Å²) in [4.78, 5) is 65.3. The van der Waals surface area contributed by atoms with E-state index in [-0.39, 0.29) is 37.2 Å². The van der Waals surface area contributed by atoms with Gasteiger partial charge in [-0.05, 0) is 100 Å². The maximum absolute atomic E-state index is 13.6. The van der Waals surface area contributed by atoms with E-state index in [9.17, 15) is 19.2 Å². The number of benzene rings is 2. The van der Waals surface area contributed by atoms with E-state index in [1.807, 2.05) is 37.6 Å². The lowest BCUT2D eigenvalue weighted by Crippen LogP contribution is -2.52. The Balaban J connectivity index is 0.799. The molecule has 9 rings (SSSR count). The molecule has 6 heterocycles. The van der Waals surface area contributed by atoms with Gasteiger partial charge < -0.3 is 34.5 Å². The Morgan fingerprint density at radius 2 is 1.81 bits per heavy atom. The van der Waals surface area contributed by atoms with Crippen molar-refractivity contribution in [2.24, 2.45) is 0 Å². The van der Waals surface area contributed by atoms with Crippen molar-refractivity contribution in [2.75, 3.05) is 38.3 Å². The second-order valence-corrected chi connectivity index (χ2v) is 16.3. The molecule has 2 fully saturated rings. The number of aryl methyl sites for hydroxylation is 5. The van der Waals surface area contributed by atoms with Crippen LogP contribution in [0.2, 0.25) is 0 Å². The van der Waals surface area contributed by atoms with Gasteiger partial charge >= 0.3 is 0 Å². The summed E-state index contributed by atoms with van der Waals surface area (Å²) in [5.74, 6) is 1.19. The van der Waals surface area contributed by atoms with Gasteiger partial charge in [0.15, 0.2) is 0 Å². The van der Waals surface area contributed by atoms with E-state index in [1.54, 1.807) is 11.0 Å². The van der Waals surface area contributed by atoms with Gasteiger partial charge in [0.25, 0.3) is 11.8 Å². The molecule has 1 saturated heterocycles. The molecule has 1 unspecified atom stereocenters. The molecule has 1 atom stereocenters. The smallest absolute Gasteiger partial charge is 0.289 e. The van der Waals surface area contributed by atoms with Crippen LogP contribution in [0.5, 0.6) is 0 Å². The first-order valence-corrected chi connectivity index (χ1v) is 21.4. The summed E-state index contributed by atoms with van der Waals surface area (Å²) >= 11 is 0. The van der Waals surface area contributed by atoms with E-state index in [0.717, 1.165) is 86.3 Å². The van der Waals surface area contributed by atoms with Crippen molar-refractivity contribution in [1.29, 1.82) is 0 Å². The number of aromatic amines is 1. The fourth-order valence-corrected chi connectivity index (χ4v) is 8.65. The molecular formula is C45H50N10O7. The maximum atomic E-state index is 13.6. The summed E-state index contributed by atoms with van der Waals surface area (Å²) in [7, 11) is 0. The first-order valence-electron chi connectivity index (χ1n) is 21.4. The van der Waals surface area contributed by atoms with Gasteiger partial charge in [0.2, 0.25) is 17.6 Å². The van der Waals surface area contributed by atoms with Crippen molar-refractivity contribution in [3.63, 3.8) is 0 Å². The molecule has 4 aromatic heterocycles. The van der Waals surface area contributed by atoms with Crippen molar-refractivity contribution in [2.45, 2.75) is 91.3 Å². The minimum Gasteiger partial charge on any atom is -0.379 e. The number of aromatic nitrogens is 6. The van der Waals surface area contributed by atoms with Gasteiger partial charge in [-0.15, -0.1) is 0 Å². The number of carbonyl (C=O) groups is 4. The number of piperidine rings is 1. The Labute approximate surface area is 357 Å². The first-order chi connectivity index (χ1) is 30.1. The average Bonchev–Trinajstić information content (AvgIpc) is 3.64. The van der Waals surface area contributed by atoms with Crippen LogP contribution in [-0.4, -0.2) is 97.4 Å². The number of carbonyl (C=O) groups excluding carboxylic acids is 4. The molecule has 1 aliphatic carbocycles. The van der Waals surface area contributed by atoms with Gasteiger partial charge in [-0.25, -0.2) is 14.6 Å². The number of amides is 4. The van der Waals surface area contributed by atoms with Crippen molar-refractivity contribution in [3.05, 3.63) is 81.6 Å². The van der Waals surface area contributed by atoms with Crippen molar-refractivity contribution in [3.8, 4) is 11.1 Å². The first kappa shape index (κ1) is 40.9. The Morgan fingerprint density at radius 3 is 2.56 bits per heavy atom. The van der Waals surface area contributed by atoms with Gasteiger partial charge in [0.1, 0.15) is 29.1 Å². The lowest BCUT2D eigenvalue weighted by Gasteiger charge is -2.29. The SMILES string of the molecule is CCn1nc(C2CC2)cc1Nc1nc(C(=O)NCCOCCOCCCc2cccc3c2CN(C2CCC(=O)NC2=O)C3=O)nc2[nH]c3cc(-c4c(C)noc4C)c(C)cc3c12. The van der Waals surface area contributed by atoms with Crippen molar-refractivity contribution >= 4 is 57.2 Å². The molecule has 4 N–H and O–H groups in total. The third-order valence-electron chi connectivity index (χ3n) is 12.0. The molecule has 2 aliphatic heterocycles. The Morgan fingerprint density at radius 1 is 0.984 bits per heavy atom. The highest BCUT2D eigenvalue weighted by Gasteiger charge is 2.39. The van der Waals surface area contributed by atoms with Crippen LogP contribution >= 0.6 is 0 Å². The zero-order chi connectivity index (χ0) is 43.1. The molecule has 0 radical (unpaired) electrons. The van der Waals surface area contributed by atoms with Gasteiger partial charge in [-0.3, -0.25) is 24.5 Å². The average molecular weight is 843 g/mol. The van der Waals surface area contributed by atoms with E-state index in [0.29, 0.717) is 68.7 Å². The molecule has 4 amide bonds. The summed E-state index contributed by atoms with van der Waals surface area (Å²) in [5, 5.41) is 19.4. The van der Waals surface area contributed by atoms with Crippen LogP contribution in [0, 0.1) is 20.8 Å². The van der Waals surface area contributed by atoms with Crippen molar-refractivity contribution in [1.82, 2.24) is 45.4 Å². The highest BCUT2D eigenvalue weighted by molar-refractivity contribution is 6.13. The molecule has 62 heavy (non-hydrogen) atoms. The number of fused-ring (bicyclic) bond motifs is 4. The summed E-state index contributed by atoms with van der Waals surface area (Å²) in [5.41, 5.74) is 8.80. The predicted octanol–water partition coefficient (Wildman–Crippen LogP) is 5.69. The molecule has 322 valence electrons. The number of hydrogen-bond donors (Lipinski definition) is 4. The second kappa shape index (κ2) is 17.1. The van der Waals surface area contributed by atoms with E-state index in [4.69, 9.17) is 29.1 Å². The molecule has 17 heteroatoms. The maximum Gasteiger partial charge on any atom is 0.289 e. The van der Waals surface area contributed by atoms with E-state index >= 15 is 0 Å². The van der Waals surface area contributed by atoms with Gasteiger partial charge in [0.05, 0.1) is 36.6 Å². The standard InChI is InChI=1S/C45H50N10O7/c1-5-55-36(22-33(52-55)28-11-12-28)48-41-39-31-20-24(2)30(38-25(3)53-62-26(38)4)21-34(31)47-40(39)50-42(51-41)44(58)46-15-17-61-19-18-60-16-7-9-27-8-6-10-29-32(27)23-54(45(29)59)35-13-14-37(56)49-43(35)57/h6,8,10,20-22,28,35H,5,7,9,11-19,23H2,1-4H3,(H,46,58)(H,49,56,57)(H2,47,48,50,51). The van der Waals surface area contributed by atoms with Crippen LogP contribution in [0.4, 0.5) is 11.6 Å². The van der Waals surface area contributed by atoms with Gasteiger partial charge in [0, 0.05) is 66.7 Å². The predicted molar refractivity (Wildman–Crippen MR) is 229 cm³/mol. The zero-order valence-corrected chi connectivity index (χ0v) is 35.4. The molecule has 6 aromatic rings. The van der Waals surface area contributed by atoms with Gasteiger partial charge in [-0.2, -0.15) is 5.10 Å². The number of rotatable bonds is 17. The molecule has 0 bridgehead atoms. The minimum atomic E-state index is -0.641. The van der Waals surface area contributed by atoms with E-state index in [1.165, 1.54) is 0 Å². The number of H-pyrrole nitrogens is 1. The molecular weight excluding hydrogens is 793 g/mol. The lowest BCUT2D eigenvalue weighted by atomic mass is 9.97. The van der Waals surface area contributed by atoms with Gasteiger partial charge in [-0.1, -0.05) is 17.3 Å². The van der Waals surface area contributed by atoms with E-state index in [2.05, 4.69) is 51.2 Å². The van der Waals surface area contributed by atoms with Crippen LogP contribution in [0.15, 0.2) is 40.9 Å². The summed E-state index contributed by atoms with van der Waals surface area (Å²) < 4.78 is 19.0. The molecule has 1 saturated carbocycles. The van der Waals surface area contributed by atoms with Crippen LogP contribution < -0.4 is 16.0 Å². The van der Waals surface area contributed by atoms with Crippen LogP contribution in [-0.2, 0) is 38.6 Å². The third-order valence-corrected chi connectivity index (χ3v) is 12.0. The topological polar surface area (TPSA) is 211 Å². The largest absolute Gasteiger partial charge is 0.379 e. The van der Waals surface area contributed by atoms with Crippen LogP contribution in [0.1, 0.15) is 99.8 Å². The molecule has 2 aromatic carbocycles. The van der Waals surface area contributed by atoms with Crippen LogP contribution in [0.25, 0.3) is 33.1 Å². The third kappa shape index (κ3) is 8.04. The molecule has 3 aliphatic rings. The highest BCUT2D eigenvalue weighted by Crippen LogP contribution is 2.41. The Kier molecular flexibility index (Phi) is 11.3. The monoisotopic (exact) mass is 842 g/mol. The van der Waals surface area contributed by atoms with Crippen molar-refractivity contribution < 1.29 is 33.2 Å². The summed E-state index contributed by atoms with van der Waals surface area (Å²) in [6.45, 7) is 10.7. The second-order valence-electron chi connectivity index (χ2n) is 16.3. The van der Waals surface area contributed by atoms with E-state index < -0.39 is 17.9 Å². The number of nitrogens with one attached hydrogen (secondary N) is 4. The quantitative estimate of drug-likeness (QED) is 0.0645. The minimum absolute atomic E-state index is 0.0136. The summed E-state index contributed by atoms with van der Waals surface area (Å²) in [6, 6.07) is 11.3. The fraction of sp³-hybridized carbons (Fsp3) is 0.422. The van der Waals surface area contributed by atoms with Crippen LogP contribution in [0.3, 0.4) is 0 Å². The number of nitrogens with zero attached hydrogens (tertiary/aromatic N) is 6.